The molecule has 192 valence electrons. The Morgan fingerprint density at radius 3 is 2.77 bits per heavy atom. The van der Waals surface area contributed by atoms with Gasteiger partial charge in [-0.25, -0.2) is 0 Å². The Balaban J connectivity index is 1.36. The van der Waals surface area contributed by atoms with Crippen molar-refractivity contribution in [1.82, 2.24) is 10.2 Å². The Bertz CT molecular complexity index is 906. The maximum Gasteiger partial charge on any atom is 0.142 e. The first-order chi connectivity index (χ1) is 17.1. The van der Waals surface area contributed by atoms with E-state index in [9.17, 15) is 0 Å². The van der Waals surface area contributed by atoms with Crippen molar-refractivity contribution in [1.29, 1.82) is 0 Å². The van der Waals surface area contributed by atoms with Crippen LogP contribution in [0, 0.1) is 0 Å². The monoisotopic (exact) mass is 483 g/mol. The quantitative estimate of drug-likeness (QED) is 0.464. The van der Waals surface area contributed by atoms with Crippen LogP contribution < -0.4 is 19.7 Å². The third-order valence-electron chi connectivity index (χ3n) is 6.77. The van der Waals surface area contributed by atoms with Gasteiger partial charge in [0, 0.05) is 39.3 Å². The van der Waals surface area contributed by atoms with E-state index in [1.807, 2.05) is 0 Å². The van der Waals surface area contributed by atoms with Crippen LogP contribution in [0.5, 0.6) is 11.5 Å². The topological polar surface area (TPSA) is 55.4 Å². The van der Waals surface area contributed by atoms with Crippen LogP contribution in [0.15, 0.2) is 42.5 Å². The molecule has 7 nitrogen and oxygen atoms in total. The van der Waals surface area contributed by atoms with Crippen molar-refractivity contribution in [3.8, 4) is 11.5 Å². The van der Waals surface area contributed by atoms with Gasteiger partial charge in [0.25, 0.3) is 0 Å². The Kier molecular flexibility index (Phi) is 9.66. The highest BCUT2D eigenvalue weighted by Gasteiger charge is 2.27. The molecule has 0 unspecified atom stereocenters. The zero-order valence-electron chi connectivity index (χ0n) is 21.5. The molecule has 35 heavy (non-hydrogen) atoms. The lowest BCUT2D eigenvalue weighted by molar-refractivity contribution is 0.0106. The summed E-state index contributed by atoms with van der Waals surface area (Å²) in [7, 11) is 5.87. The number of nitrogens with one attached hydrogen (secondary N) is 1. The summed E-state index contributed by atoms with van der Waals surface area (Å²) >= 11 is 0. The second-order valence-corrected chi connectivity index (χ2v) is 9.65. The number of nitrogens with zero attached hydrogens (tertiary/aromatic N) is 2. The van der Waals surface area contributed by atoms with Gasteiger partial charge in [-0.15, -0.1) is 0 Å². The number of anilines is 1. The molecule has 1 saturated heterocycles. The SMILES string of the molecule is COCCCN1CCOc2ccc(CO[C@H]3CNCC[C@@H]3c3ccc(OCCN(C)C)cc3)cc21. The van der Waals surface area contributed by atoms with Crippen LogP contribution in [0.2, 0.25) is 0 Å². The first kappa shape index (κ1) is 25.8. The second-order valence-electron chi connectivity index (χ2n) is 9.65. The highest BCUT2D eigenvalue weighted by atomic mass is 16.5. The molecular weight excluding hydrogens is 442 g/mol. The molecule has 7 heteroatoms. The van der Waals surface area contributed by atoms with Gasteiger partial charge in [0.2, 0.25) is 0 Å². The van der Waals surface area contributed by atoms with E-state index in [1.165, 1.54) is 11.1 Å². The van der Waals surface area contributed by atoms with E-state index in [4.69, 9.17) is 18.9 Å². The third kappa shape index (κ3) is 7.34. The minimum Gasteiger partial charge on any atom is -0.492 e. The number of rotatable bonds is 12. The van der Waals surface area contributed by atoms with E-state index in [2.05, 4.69) is 71.7 Å². The number of benzene rings is 2. The number of ether oxygens (including phenoxy) is 4. The summed E-state index contributed by atoms with van der Waals surface area (Å²) in [4.78, 5) is 4.52. The predicted molar refractivity (Wildman–Crippen MR) is 140 cm³/mol. The molecule has 1 N–H and O–H groups in total. The van der Waals surface area contributed by atoms with Crippen molar-refractivity contribution in [2.45, 2.75) is 31.5 Å². The maximum atomic E-state index is 6.50. The van der Waals surface area contributed by atoms with Gasteiger partial charge < -0.3 is 34.1 Å². The molecule has 0 amide bonds. The Labute approximate surface area is 210 Å². The Morgan fingerprint density at radius 1 is 1.11 bits per heavy atom. The molecule has 2 aliphatic heterocycles. The van der Waals surface area contributed by atoms with Gasteiger partial charge in [0.05, 0.1) is 24.9 Å². The van der Waals surface area contributed by atoms with Crippen LogP contribution in [-0.2, 0) is 16.1 Å². The van der Waals surface area contributed by atoms with E-state index < -0.39 is 0 Å². The molecule has 0 bridgehead atoms. The third-order valence-corrected chi connectivity index (χ3v) is 6.77. The van der Waals surface area contributed by atoms with Gasteiger partial charge >= 0.3 is 0 Å². The van der Waals surface area contributed by atoms with E-state index in [-0.39, 0.29) is 6.10 Å². The van der Waals surface area contributed by atoms with Crippen molar-refractivity contribution < 1.29 is 18.9 Å². The van der Waals surface area contributed by atoms with Crippen LogP contribution in [-0.4, -0.2) is 84.8 Å². The van der Waals surface area contributed by atoms with E-state index >= 15 is 0 Å². The zero-order valence-corrected chi connectivity index (χ0v) is 21.5. The zero-order chi connectivity index (χ0) is 24.5. The summed E-state index contributed by atoms with van der Waals surface area (Å²) < 4.78 is 23.5. The maximum absolute atomic E-state index is 6.50. The smallest absolute Gasteiger partial charge is 0.142 e. The lowest BCUT2D eigenvalue weighted by Crippen LogP contribution is -2.41. The summed E-state index contributed by atoms with van der Waals surface area (Å²) in [5.41, 5.74) is 3.66. The molecule has 4 rings (SSSR count). The summed E-state index contributed by atoms with van der Waals surface area (Å²) in [6, 6.07) is 15.0. The van der Waals surface area contributed by atoms with Crippen molar-refractivity contribution >= 4 is 5.69 Å². The standard InChI is InChI=1S/C28H41N3O4/c1-30(2)14-17-33-24-8-6-23(7-9-24)25-11-12-29-20-28(25)35-21-22-5-10-27-26(19-22)31(15-18-34-27)13-4-16-32-3/h5-10,19,25,28-29H,4,11-18,20-21H2,1-3H3/t25-,28+/m1/s1. The lowest BCUT2D eigenvalue weighted by atomic mass is 9.87. The molecule has 2 aliphatic rings. The molecule has 0 saturated carbocycles. The minimum atomic E-state index is 0.134. The summed E-state index contributed by atoms with van der Waals surface area (Å²) in [5, 5.41) is 3.51. The van der Waals surface area contributed by atoms with Gasteiger partial charge in [-0.3, -0.25) is 0 Å². The summed E-state index contributed by atoms with van der Waals surface area (Å²) in [6.45, 7) is 7.45. The number of piperidine rings is 1. The van der Waals surface area contributed by atoms with Crippen LogP contribution >= 0.6 is 0 Å². The normalized spacial score (nSPS) is 19.9. The average molecular weight is 484 g/mol. The molecule has 0 spiro atoms. The van der Waals surface area contributed by atoms with Gasteiger partial charge in [-0.05, 0) is 68.9 Å². The van der Waals surface area contributed by atoms with Crippen molar-refractivity contribution in [2.75, 3.05) is 78.6 Å². The van der Waals surface area contributed by atoms with E-state index in [1.54, 1.807) is 7.11 Å². The van der Waals surface area contributed by atoms with Gasteiger partial charge in [0.15, 0.2) is 0 Å². The molecule has 0 aliphatic carbocycles. The molecular formula is C28H41N3O4. The first-order valence-corrected chi connectivity index (χ1v) is 12.8. The number of hydrogen-bond donors (Lipinski definition) is 1. The van der Waals surface area contributed by atoms with E-state index in [0.717, 1.165) is 76.0 Å². The molecule has 2 atom stereocenters. The highest BCUT2D eigenvalue weighted by Crippen LogP contribution is 2.34. The fourth-order valence-corrected chi connectivity index (χ4v) is 4.79. The minimum absolute atomic E-state index is 0.134. The van der Waals surface area contributed by atoms with Crippen molar-refractivity contribution in [2.24, 2.45) is 0 Å². The van der Waals surface area contributed by atoms with Crippen LogP contribution in [0.4, 0.5) is 5.69 Å². The molecule has 0 aromatic heterocycles. The lowest BCUT2D eigenvalue weighted by Gasteiger charge is -2.33. The Hall–Kier alpha value is -2.32. The Morgan fingerprint density at radius 2 is 1.97 bits per heavy atom. The summed E-state index contributed by atoms with van der Waals surface area (Å²) in [5.74, 6) is 2.26. The fraction of sp³-hybridized carbons (Fsp3) is 0.571. The van der Waals surface area contributed by atoms with Crippen LogP contribution in [0.25, 0.3) is 0 Å². The van der Waals surface area contributed by atoms with Crippen molar-refractivity contribution in [3.63, 3.8) is 0 Å². The number of likely N-dealkylation sites (N-methyl/N-ethyl adjacent to an activating group) is 1. The number of hydrogen-bond acceptors (Lipinski definition) is 7. The molecule has 2 aromatic carbocycles. The largest absolute Gasteiger partial charge is 0.492 e. The first-order valence-electron chi connectivity index (χ1n) is 12.8. The molecule has 2 heterocycles. The highest BCUT2D eigenvalue weighted by molar-refractivity contribution is 5.61. The molecule has 2 aromatic rings. The molecule has 1 fully saturated rings. The van der Waals surface area contributed by atoms with Crippen molar-refractivity contribution in [3.05, 3.63) is 53.6 Å². The average Bonchev–Trinajstić information content (AvgIpc) is 2.88. The predicted octanol–water partition coefficient (Wildman–Crippen LogP) is 3.52. The van der Waals surface area contributed by atoms with Gasteiger partial charge in [0.1, 0.15) is 24.7 Å². The van der Waals surface area contributed by atoms with Gasteiger partial charge in [-0.1, -0.05) is 18.2 Å². The van der Waals surface area contributed by atoms with Crippen LogP contribution in [0.3, 0.4) is 0 Å². The van der Waals surface area contributed by atoms with E-state index in [0.29, 0.717) is 19.1 Å². The molecule has 0 radical (unpaired) electrons. The fourth-order valence-electron chi connectivity index (χ4n) is 4.79. The summed E-state index contributed by atoms with van der Waals surface area (Å²) in [6.07, 6.45) is 2.21. The number of fused-ring (bicyclic) bond motifs is 1. The van der Waals surface area contributed by atoms with Crippen LogP contribution in [0.1, 0.15) is 29.9 Å². The number of methoxy groups -OCH3 is 1. The second kappa shape index (κ2) is 13.1. The van der Waals surface area contributed by atoms with Gasteiger partial charge in [-0.2, -0.15) is 0 Å².